The van der Waals surface area contributed by atoms with E-state index in [1.165, 1.54) is 17.7 Å². The maximum Gasteiger partial charge on any atom is 0.305 e. The summed E-state index contributed by atoms with van der Waals surface area (Å²) in [5, 5.41) is 2.76. The number of aryl methyl sites for hydroxylation is 1. The molecule has 0 aliphatic rings. The van der Waals surface area contributed by atoms with Gasteiger partial charge < -0.3 is 14.6 Å². The van der Waals surface area contributed by atoms with Crippen molar-refractivity contribution in [3.63, 3.8) is 0 Å². The third-order valence-corrected chi connectivity index (χ3v) is 3.35. The predicted octanol–water partition coefficient (Wildman–Crippen LogP) is 1.46. The van der Waals surface area contributed by atoms with Crippen LogP contribution in [0.3, 0.4) is 0 Å². The number of pyridine rings is 1. The molecule has 1 aromatic rings. The smallest absolute Gasteiger partial charge is 0.305 e. The van der Waals surface area contributed by atoms with Crippen LogP contribution in [0.5, 0.6) is 0 Å². The first-order valence-corrected chi connectivity index (χ1v) is 7.51. The highest BCUT2D eigenvalue weighted by Crippen LogP contribution is 2.05. The molecule has 0 aliphatic heterocycles. The molecule has 21 heavy (non-hydrogen) atoms. The van der Waals surface area contributed by atoms with E-state index < -0.39 is 0 Å². The van der Waals surface area contributed by atoms with Gasteiger partial charge in [0.1, 0.15) is 0 Å². The molecule has 0 fully saturated rings. The van der Waals surface area contributed by atoms with Gasteiger partial charge in [0.25, 0.3) is 5.56 Å². The van der Waals surface area contributed by atoms with E-state index in [0.29, 0.717) is 25.9 Å². The van der Waals surface area contributed by atoms with Crippen molar-refractivity contribution in [2.75, 3.05) is 13.7 Å². The second-order valence-electron chi connectivity index (χ2n) is 4.51. The van der Waals surface area contributed by atoms with Crippen LogP contribution in [0.15, 0.2) is 27.6 Å². The number of nitrogens with zero attached hydrogens (tertiary/aromatic N) is 1. The van der Waals surface area contributed by atoms with Crippen LogP contribution in [0.25, 0.3) is 0 Å². The molecule has 0 spiro atoms. The standard InChI is InChI=1S/C14H19BrN2O4/c1-21-14(20)4-2-3-8-16-12(18)7-9-17-10-11(15)5-6-13(17)19/h5-6,10H,2-4,7-9H2,1H3,(H,16,18). The molecule has 116 valence electrons. The lowest BCUT2D eigenvalue weighted by molar-refractivity contribution is -0.140. The number of carbonyl (C=O) groups is 2. The summed E-state index contributed by atoms with van der Waals surface area (Å²) in [5.74, 6) is -0.352. The first-order chi connectivity index (χ1) is 10.0. The van der Waals surface area contributed by atoms with Gasteiger partial charge in [-0.15, -0.1) is 0 Å². The number of methoxy groups -OCH3 is 1. The highest BCUT2D eigenvalue weighted by molar-refractivity contribution is 9.10. The van der Waals surface area contributed by atoms with Crippen molar-refractivity contribution in [3.05, 3.63) is 33.2 Å². The molecule has 0 radical (unpaired) electrons. The van der Waals surface area contributed by atoms with Gasteiger partial charge in [0.05, 0.1) is 7.11 Å². The first kappa shape index (κ1) is 17.4. The number of unbranched alkanes of at least 4 members (excludes halogenated alkanes) is 1. The number of esters is 1. The Bertz CT molecular complexity index is 542. The topological polar surface area (TPSA) is 77.4 Å². The number of amides is 1. The van der Waals surface area contributed by atoms with Crippen molar-refractivity contribution in [2.45, 2.75) is 32.2 Å². The number of hydrogen-bond acceptors (Lipinski definition) is 4. The molecule has 1 N–H and O–H groups in total. The van der Waals surface area contributed by atoms with Gasteiger partial charge in [0.15, 0.2) is 0 Å². The molecule has 1 rings (SSSR count). The van der Waals surface area contributed by atoms with Gasteiger partial charge in [-0.05, 0) is 34.8 Å². The molecule has 6 nitrogen and oxygen atoms in total. The Morgan fingerprint density at radius 3 is 2.76 bits per heavy atom. The van der Waals surface area contributed by atoms with Crippen molar-refractivity contribution in [1.29, 1.82) is 0 Å². The van der Waals surface area contributed by atoms with E-state index in [9.17, 15) is 14.4 Å². The minimum Gasteiger partial charge on any atom is -0.469 e. The molecule has 1 heterocycles. The van der Waals surface area contributed by atoms with Crippen molar-refractivity contribution < 1.29 is 14.3 Å². The van der Waals surface area contributed by atoms with Crippen LogP contribution in [0.2, 0.25) is 0 Å². The normalized spacial score (nSPS) is 10.2. The molecule has 0 aliphatic carbocycles. The zero-order valence-corrected chi connectivity index (χ0v) is 13.5. The highest BCUT2D eigenvalue weighted by Gasteiger charge is 2.04. The van der Waals surface area contributed by atoms with E-state index in [0.717, 1.165) is 10.9 Å². The summed E-state index contributed by atoms with van der Waals surface area (Å²) in [4.78, 5) is 34.1. The lowest BCUT2D eigenvalue weighted by Crippen LogP contribution is -2.27. The van der Waals surface area contributed by atoms with Gasteiger partial charge in [-0.3, -0.25) is 14.4 Å². The fourth-order valence-electron chi connectivity index (χ4n) is 1.71. The van der Waals surface area contributed by atoms with Gasteiger partial charge in [0.2, 0.25) is 5.91 Å². The predicted molar refractivity (Wildman–Crippen MR) is 81.9 cm³/mol. The van der Waals surface area contributed by atoms with Gasteiger partial charge in [-0.1, -0.05) is 0 Å². The summed E-state index contributed by atoms with van der Waals surface area (Å²) in [6.07, 6.45) is 3.66. The van der Waals surface area contributed by atoms with E-state index in [-0.39, 0.29) is 23.9 Å². The Kier molecular flexibility index (Phi) is 7.74. The number of carbonyl (C=O) groups excluding carboxylic acids is 2. The van der Waals surface area contributed by atoms with Gasteiger partial charge in [0, 0.05) is 42.7 Å². The van der Waals surface area contributed by atoms with E-state index in [4.69, 9.17) is 0 Å². The van der Waals surface area contributed by atoms with Crippen LogP contribution < -0.4 is 10.9 Å². The zero-order valence-electron chi connectivity index (χ0n) is 11.9. The highest BCUT2D eigenvalue weighted by atomic mass is 79.9. The lowest BCUT2D eigenvalue weighted by atomic mass is 10.2. The summed E-state index contributed by atoms with van der Waals surface area (Å²) < 4.78 is 6.81. The zero-order chi connectivity index (χ0) is 15.7. The Morgan fingerprint density at radius 1 is 1.29 bits per heavy atom. The monoisotopic (exact) mass is 358 g/mol. The molecule has 0 bridgehead atoms. The fourth-order valence-corrected chi connectivity index (χ4v) is 2.09. The Hall–Kier alpha value is -1.63. The van der Waals surface area contributed by atoms with Crippen LogP contribution >= 0.6 is 15.9 Å². The summed E-state index contributed by atoms with van der Waals surface area (Å²) in [7, 11) is 1.36. The third-order valence-electron chi connectivity index (χ3n) is 2.88. The molecule has 1 amide bonds. The second kappa shape index (κ2) is 9.33. The molecule has 0 unspecified atom stereocenters. The van der Waals surface area contributed by atoms with Crippen molar-refractivity contribution in [3.8, 4) is 0 Å². The maximum absolute atomic E-state index is 11.6. The molecule has 0 saturated heterocycles. The Balaban J connectivity index is 2.21. The molecular formula is C14H19BrN2O4. The number of aromatic nitrogens is 1. The second-order valence-corrected chi connectivity index (χ2v) is 5.43. The molecule has 7 heteroatoms. The number of halogens is 1. The van der Waals surface area contributed by atoms with Gasteiger partial charge >= 0.3 is 5.97 Å². The summed E-state index contributed by atoms with van der Waals surface area (Å²) in [6.45, 7) is 0.857. The number of nitrogens with one attached hydrogen (secondary N) is 1. The van der Waals surface area contributed by atoms with Crippen LogP contribution in [0.4, 0.5) is 0 Å². The minimum absolute atomic E-state index is 0.111. The largest absolute Gasteiger partial charge is 0.469 e. The summed E-state index contributed by atoms with van der Waals surface area (Å²) in [5.41, 5.74) is -0.135. The van der Waals surface area contributed by atoms with Gasteiger partial charge in [-0.2, -0.15) is 0 Å². The molecular weight excluding hydrogens is 340 g/mol. The van der Waals surface area contributed by atoms with Crippen LogP contribution in [-0.4, -0.2) is 30.1 Å². The SMILES string of the molecule is COC(=O)CCCCNC(=O)CCn1cc(Br)ccc1=O. The first-order valence-electron chi connectivity index (χ1n) is 6.72. The third kappa shape index (κ3) is 7.08. The summed E-state index contributed by atoms with van der Waals surface area (Å²) >= 11 is 3.28. The van der Waals surface area contributed by atoms with E-state index in [2.05, 4.69) is 26.0 Å². The van der Waals surface area contributed by atoms with Crippen LogP contribution in [-0.2, 0) is 20.9 Å². The van der Waals surface area contributed by atoms with E-state index in [1.54, 1.807) is 12.3 Å². The van der Waals surface area contributed by atoms with Crippen LogP contribution in [0, 0.1) is 0 Å². The fraction of sp³-hybridized carbons (Fsp3) is 0.500. The van der Waals surface area contributed by atoms with Crippen molar-refractivity contribution in [1.82, 2.24) is 9.88 Å². The van der Waals surface area contributed by atoms with E-state index in [1.807, 2.05) is 0 Å². The van der Waals surface area contributed by atoms with Gasteiger partial charge in [-0.25, -0.2) is 0 Å². The molecule has 1 aromatic heterocycles. The number of hydrogen-bond donors (Lipinski definition) is 1. The molecule has 0 saturated carbocycles. The minimum atomic E-state index is -0.240. The Labute approximate surface area is 131 Å². The molecule has 0 aromatic carbocycles. The number of ether oxygens (including phenoxy) is 1. The molecule has 0 atom stereocenters. The van der Waals surface area contributed by atoms with Crippen LogP contribution in [0.1, 0.15) is 25.7 Å². The van der Waals surface area contributed by atoms with Crippen molar-refractivity contribution >= 4 is 27.8 Å². The maximum atomic E-state index is 11.6. The van der Waals surface area contributed by atoms with E-state index >= 15 is 0 Å². The average molecular weight is 359 g/mol. The Morgan fingerprint density at radius 2 is 2.05 bits per heavy atom. The quantitative estimate of drug-likeness (QED) is 0.563. The number of rotatable bonds is 8. The van der Waals surface area contributed by atoms with Crippen molar-refractivity contribution in [2.24, 2.45) is 0 Å². The lowest BCUT2D eigenvalue weighted by Gasteiger charge is -2.07. The average Bonchev–Trinajstić information content (AvgIpc) is 2.47. The summed E-state index contributed by atoms with van der Waals surface area (Å²) in [6, 6.07) is 3.12.